The Balaban J connectivity index is 1.85. The van der Waals surface area contributed by atoms with E-state index in [2.05, 4.69) is 24.8 Å². The van der Waals surface area contributed by atoms with Crippen molar-refractivity contribution in [2.24, 2.45) is 0 Å². The first kappa shape index (κ1) is 12.2. The van der Waals surface area contributed by atoms with E-state index in [9.17, 15) is 0 Å². The van der Waals surface area contributed by atoms with Crippen LogP contribution in [0.25, 0.3) is 0 Å². The van der Waals surface area contributed by atoms with Gasteiger partial charge in [0, 0.05) is 19.3 Å². The second-order valence-electron chi connectivity index (χ2n) is 4.24. The zero-order valence-electron chi connectivity index (χ0n) is 10.4. The molecule has 1 aliphatic rings. The van der Waals surface area contributed by atoms with Crippen molar-refractivity contribution < 1.29 is 0 Å². The fourth-order valence-electron chi connectivity index (χ4n) is 1.97. The molecule has 0 amide bonds. The lowest BCUT2D eigenvalue weighted by Crippen LogP contribution is -2.21. The highest BCUT2D eigenvalue weighted by atomic mass is 32.2. The number of rotatable bonds is 3. The second kappa shape index (κ2) is 5.40. The van der Waals surface area contributed by atoms with E-state index in [1.165, 1.54) is 24.6 Å². The van der Waals surface area contributed by atoms with Gasteiger partial charge in [0.1, 0.15) is 5.03 Å². The van der Waals surface area contributed by atoms with Crippen LogP contribution in [0, 0.1) is 0 Å². The summed E-state index contributed by atoms with van der Waals surface area (Å²) in [5.74, 6) is 0.929. The number of nitrogens with zero attached hydrogens (tertiary/aromatic N) is 5. The molecule has 0 spiro atoms. The molecular formula is C12H14N6S. The molecular weight excluding hydrogens is 260 g/mol. The van der Waals surface area contributed by atoms with Crippen molar-refractivity contribution >= 4 is 23.7 Å². The minimum absolute atomic E-state index is 0.260. The molecule has 0 bridgehead atoms. The summed E-state index contributed by atoms with van der Waals surface area (Å²) < 4.78 is 0. The van der Waals surface area contributed by atoms with E-state index < -0.39 is 0 Å². The van der Waals surface area contributed by atoms with Crippen molar-refractivity contribution in [1.29, 1.82) is 0 Å². The average molecular weight is 274 g/mol. The summed E-state index contributed by atoms with van der Waals surface area (Å²) in [6.45, 7) is 1.97. The lowest BCUT2D eigenvalue weighted by atomic mass is 10.4. The molecule has 1 aliphatic heterocycles. The third kappa shape index (κ3) is 2.93. The summed E-state index contributed by atoms with van der Waals surface area (Å²) in [4.78, 5) is 19.2. The van der Waals surface area contributed by atoms with Gasteiger partial charge in [0.05, 0.1) is 0 Å². The molecule has 0 atom stereocenters. The summed E-state index contributed by atoms with van der Waals surface area (Å²) in [6.07, 6.45) is 4.09. The molecule has 3 heterocycles. The van der Waals surface area contributed by atoms with E-state index >= 15 is 0 Å². The third-order valence-electron chi connectivity index (χ3n) is 2.84. The van der Waals surface area contributed by atoms with Gasteiger partial charge in [0.2, 0.25) is 17.1 Å². The van der Waals surface area contributed by atoms with Crippen LogP contribution in [0.15, 0.2) is 34.6 Å². The van der Waals surface area contributed by atoms with E-state index in [-0.39, 0.29) is 5.95 Å². The van der Waals surface area contributed by atoms with Crippen LogP contribution >= 0.6 is 11.8 Å². The van der Waals surface area contributed by atoms with Crippen LogP contribution in [0.3, 0.4) is 0 Å². The second-order valence-corrected chi connectivity index (χ2v) is 5.23. The first-order valence-electron chi connectivity index (χ1n) is 6.17. The Morgan fingerprint density at radius 3 is 2.68 bits per heavy atom. The van der Waals surface area contributed by atoms with Crippen LogP contribution in [0.1, 0.15) is 12.8 Å². The quantitative estimate of drug-likeness (QED) is 0.910. The Morgan fingerprint density at radius 2 is 1.95 bits per heavy atom. The maximum Gasteiger partial charge on any atom is 0.231 e. The molecule has 2 aromatic heterocycles. The molecule has 2 N–H and O–H groups in total. The highest BCUT2D eigenvalue weighted by molar-refractivity contribution is 7.99. The van der Waals surface area contributed by atoms with Gasteiger partial charge in [0.25, 0.3) is 0 Å². The van der Waals surface area contributed by atoms with E-state index in [0.29, 0.717) is 11.1 Å². The Morgan fingerprint density at radius 1 is 1.11 bits per heavy atom. The average Bonchev–Trinajstić information content (AvgIpc) is 2.93. The number of aromatic nitrogens is 4. The first-order valence-corrected chi connectivity index (χ1v) is 6.98. The Labute approximate surface area is 115 Å². The molecule has 7 heteroatoms. The molecule has 0 saturated carbocycles. The molecule has 0 aromatic carbocycles. The van der Waals surface area contributed by atoms with Crippen LogP contribution in [0.4, 0.5) is 11.9 Å². The fraction of sp³-hybridized carbons (Fsp3) is 0.333. The number of pyridine rings is 1. The molecule has 0 radical (unpaired) electrons. The van der Waals surface area contributed by atoms with E-state index in [4.69, 9.17) is 5.73 Å². The molecule has 98 valence electrons. The molecule has 0 unspecified atom stereocenters. The molecule has 2 aromatic rings. The summed E-state index contributed by atoms with van der Waals surface area (Å²) in [5.41, 5.74) is 5.76. The van der Waals surface area contributed by atoms with Gasteiger partial charge in [-0.3, -0.25) is 0 Å². The zero-order valence-corrected chi connectivity index (χ0v) is 11.2. The summed E-state index contributed by atoms with van der Waals surface area (Å²) in [5, 5.41) is 1.44. The van der Waals surface area contributed by atoms with E-state index in [1.807, 2.05) is 18.2 Å². The SMILES string of the molecule is Nc1nc(Sc2ccccn2)nc(N2CCCC2)n1. The predicted octanol–water partition coefficient (Wildman–Crippen LogP) is 1.60. The van der Waals surface area contributed by atoms with Crippen molar-refractivity contribution in [1.82, 2.24) is 19.9 Å². The summed E-state index contributed by atoms with van der Waals surface area (Å²) >= 11 is 1.39. The monoisotopic (exact) mass is 274 g/mol. The Kier molecular flexibility index (Phi) is 3.45. The lowest BCUT2D eigenvalue weighted by molar-refractivity contribution is 0.833. The topological polar surface area (TPSA) is 80.8 Å². The standard InChI is InChI=1S/C12H14N6S/c13-10-15-11(18-7-3-4-8-18)17-12(16-10)19-9-5-1-2-6-14-9/h1-2,5-6H,3-4,7-8H2,(H2,13,15,16,17). The minimum Gasteiger partial charge on any atom is -0.368 e. The van der Waals surface area contributed by atoms with Crippen LogP contribution in [0.2, 0.25) is 0 Å². The van der Waals surface area contributed by atoms with Crippen LogP contribution in [-0.4, -0.2) is 33.0 Å². The van der Waals surface area contributed by atoms with E-state index in [1.54, 1.807) is 6.20 Å². The molecule has 0 aliphatic carbocycles. The minimum atomic E-state index is 0.260. The van der Waals surface area contributed by atoms with Gasteiger partial charge in [-0.15, -0.1) is 0 Å². The first-order chi connectivity index (χ1) is 9.31. The number of hydrogen-bond donors (Lipinski definition) is 1. The van der Waals surface area contributed by atoms with Gasteiger partial charge in [-0.2, -0.15) is 15.0 Å². The van der Waals surface area contributed by atoms with Gasteiger partial charge >= 0.3 is 0 Å². The van der Waals surface area contributed by atoms with E-state index in [0.717, 1.165) is 18.1 Å². The molecule has 19 heavy (non-hydrogen) atoms. The van der Waals surface area contributed by atoms with Gasteiger partial charge in [-0.05, 0) is 36.7 Å². The largest absolute Gasteiger partial charge is 0.368 e. The highest BCUT2D eigenvalue weighted by Crippen LogP contribution is 2.25. The Hall–Kier alpha value is -1.89. The smallest absolute Gasteiger partial charge is 0.231 e. The lowest BCUT2D eigenvalue weighted by Gasteiger charge is -2.15. The number of anilines is 2. The normalized spacial score (nSPS) is 14.8. The van der Waals surface area contributed by atoms with Crippen LogP contribution in [0.5, 0.6) is 0 Å². The van der Waals surface area contributed by atoms with Crippen molar-refractivity contribution in [2.45, 2.75) is 23.0 Å². The molecule has 6 nitrogen and oxygen atoms in total. The molecule has 1 saturated heterocycles. The van der Waals surface area contributed by atoms with Crippen molar-refractivity contribution in [3.63, 3.8) is 0 Å². The van der Waals surface area contributed by atoms with Gasteiger partial charge in [-0.25, -0.2) is 4.98 Å². The predicted molar refractivity (Wildman–Crippen MR) is 74.0 cm³/mol. The van der Waals surface area contributed by atoms with Crippen molar-refractivity contribution in [2.75, 3.05) is 23.7 Å². The van der Waals surface area contributed by atoms with Crippen LogP contribution in [-0.2, 0) is 0 Å². The fourth-order valence-corrected chi connectivity index (χ4v) is 2.68. The zero-order chi connectivity index (χ0) is 13.1. The molecule has 3 rings (SSSR count). The number of nitrogen functional groups attached to an aromatic ring is 1. The van der Waals surface area contributed by atoms with Gasteiger partial charge < -0.3 is 10.6 Å². The maximum absolute atomic E-state index is 5.76. The molecule has 1 fully saturated rings. The third-order valence-corrected chi connectivity index (χ3v) is 3.66. The summed E-state index contributed by atoms with van der Waals surface area (Å²) in [6, 6.07) is 5.73. The van der Waals surface area contributed by atoms with Crippen LogP contribution < -0.4 is 10.6 Å². The highest BCUT2D eigenvalue weighted by Gasteiger charge is 2.17. The van der Waals surface area contributed by atoms with Crippen molar-refractivity contribution in [3.05, 3.63) is 24.4 Å². The van der Waals surface area contributed by atoms with Gasteiger partial charge in [0.15, 0.2) is 0 Å². The van der Waals surface area contributed by atoms with Crippen molar-refractivity contribution in [3.8, 4) is 0 Å². The summed E-state index contributed by atoms with van der Waals surface area (Å²) in [7, 11) is 0. The Bertz CT molecular complexity index is 555. The van der Waals surface area contributed by atoms with Gasteiger partial charge in [-0.1, -0.05) is 6.07 Å². The number of nitrogens with two attached hydrogens (primary N) is 1. The number of hydrogen-bond acceptors (Lipinski definition) is 7. The maximum atomic E-state index is 5.76.